The number of rotatable bonds is 3. The van der Waals surface area contributed by atoms with Crippen LogP contribution in [-0.2, 0) is 16.6 Å². The van der Waals surface area contributed by atoms with Gasteiger partial charge in [0.25, 0.3) is 0 Å². The van der Waals surface area contributed by atoms with E-state index in [0.717, 1.165) is 49.3 Å². The highest BCUT2D eigenvalue weighted by molar-refractivity contribution is 5.87. The highest BCUT2D eigenvalue weighted by atomic mass is 16.5. The molecular formula is C13H19N3O3. The van der Waals surface area contributed by atoms with E-state index in [1.807, 2.05) is 18.7 Å². The summed E-state index contributed by atoms with van der Waals surface area (Å²) in [6.07, 6.45) is 3.74. The van der Waals surface area contributed by atoms with Crippen molar-refractivity contribution in [3.05, 3.63) is 17.3 Å². The second kappa shape index (κ2) is 5.88. The zero-order valence-electron chi connectivity index (χ0n) is 11.3. The van der Waals surface area contributed by atoms with Crippen molar-refractivity contribution in [3.8, 4) is 0 Å². The van der Waals surface area contributed by atoms with E-state index in [4.69, 9.17) is 9.84 Å². The summed E-state index contributed by atoms with van der Waals surface area (Å²) >= 11 is 0. The largest absolute Gasteiger partial charge is 0.478 e. The molecule has 104 valence electrons. The molecule has 1 N–H and O–H groups in total. The summed E-state index contributed by atoms with van der Waals surface area (Å²) in [4.78, 5) is 12.9. The average molecular weight is 265 g/mol. The quantitative estimate of drug-likeness (QED) is 0.827. The van der Waals surface area contributed by atoms with Gasteiger partial charge < -0.3 is 14.7 Å². The van der Waals surface area contributed by atoms with E-state index >= 15 is 0 Å². The van der Waals surface area contributed by atoms with Crippen molar-refractivity contribution < 1.29 is 14.6 Å². The molecule has 0 unspecified atom stereocenters. The van der Waals surface area contributed by atoms with E-state index in [-0.39, 0.29) is 0 Å². The van der Waals surface area contributed by atoms with Gasteiger partial charge in [0.2, 0.25) is 0 Å². The molecule has 1 aliphatic rings. The Balaban J connectivity index is 2.34. The summed E-state index contributed by atoms with van der Waals surface area (Å²) in [6, 6.07) is 0. The maximum atomic E-state index is 10.7. The monoisotopic (exact) mass is 265 g/mol. The summed E-state index contributed by atoms with van der Waals surface area (Å²) in [5.41, 5.74) is 1.70. The first-order chi connectivity index (χ1) is 9.09. The number of carbonyl (C=O) groups is 1. The molecule has 0 radical (unpaired) electrons. The van der Waals surface area contributed by atoms with Gasteiger partial charge in [-0.2, -0.15) is 5.10 Å². The lowest BCUT2D eigenvalue weighted by Gasteiger charge is -2.22. The Morgan fingerprint density at radius 1 is 1.42 bits per heavy atom. The molecule has 0 spiro atoms. The van der Waals surface area contributed by atoms with Gasteiger partial charge in [0, 0.05) is 38.4 Å². The van der Waals surface area contributed by atoms with Gasteiger partial charge in [0.1, 0.15) is 5.82 Å². The van der Waals surface area contributed by atoms with Gasteiger partial charge in [-0.25, -0.2) is 4.79 Å². The third-order valence-electron chi connectivity index (χ3n) is 3.15. The molecule has 6 nitrogen and oxygen atoms in total. The van der Waals surface area contributed by atoms with Crippen molar-refractivity contribution in [2.45, 2.75) is 13.3 Å². The molecule has 0 amide bonds. The number of hydrogen-bond donors (Lipinski definition) is 1. The first-order valence-electron chi connectivity index (χ1n) is 6.37. The van der Waals surface area contributed by atoms with Crippen molar-refractivity contribution in [3.63, 3.8) is 0 Å². The number of aliphatic carboxylic acids is 1. The number of ether oxygens (including phenoxy) is 1. The van der Waals surface area contributed by atoms with Crippen molar-refractivity contribution in [1.29, 1.82) is 0 Å². The van der Waals surface area contributed by atoms with Crippen molar-refractivity contribution in [2.75, 3.05) is 31.2 Å². The summed E-state index contributed by atoms with van der Waals surface area (Å²) in [7, 11) is 1.88. The fraction of sp³-hybridized carbons (Fsp3) is 0.538. The topological polar surface area (TPSA) is 67.6 Å². The van der Waals surface area contributed by atoms with E-state index in [1.165, 1.54) is 0 Å². The van der Waals surface area contributed by atoms with Gasteiger partial charge in [-0.3, -0.25) is 4.68 Å². The molecule has 6 heteroatoms. The zero-order chi connectivity index (χ0) is 13.8. The Bertz CT molecular complexity index is 486. The molecule has 0 aromatic carbocycles. The molecule has 0 saturated carbocycles. The molecule has 1 saturated heterocycles. The van der Waals surface area contributed by atoms with E-state index in [1.54, 1.807) is 6.08 Å². The minimum absolute atomic E-state index is 0.687. The van der Waals surface area contributed by atoms with E-state index in [2.05, 4.69) is 10.00 Å². The van der Waals surface area contributed by atoms with Gasteiger partial charge in [0.15, 0.2) is 0 Å². The number of carboxylic acid groups (broad SMARTS) is 1. The van der Waals surface area contributed by atoms with Crippen LogP contribution in [-0.4, -0.2) is 47.2 Å². The molecule has 19 heavy (non-hydrogen) atoms. The Labute approximate surface area is 112 Å². The van der Waals surface area contributed by atoms with Crippen LogP contribution in [0.2, 0.25) is 0 Å². The molecular weight excluding hydrogens is 246 g/mol. The maximum absolute atomic E-state index is 10.7. The molecule has 1 fully saturated rings. The second-order valence-corrected chi connectivity index (χ2v) is 4.57. The highest BCUT2D eigenvalue weighted by Gasteiger charge is 2.19. The SMILES string of the molecule is Cc1nn(C)c(N2CCCOCC2)c1/C=C/C(=O)O. The molecule has 1 aromatic rings. The summed E-state index contributed by atoms with van der Waals surface area (Å²) in [5, 5.41) is 13.2. The number of carboxylic acids is 1. The van der Waals surface area contributed by atoms with Gasteiger partial charge >= 0.3 is 5.97 Å². The molecule has 0 aliphatic carbocycles. The van der Waals surface area contributed by atoms with Crippen molar-refractivity contribution in [2.24, 2.45) is 7.05 Å². The predicted octanol–water partition coefficient (Wildman–Crippen LogP) is 1.05. The summed E-state index contributed by atoms with van der Waals surface area (Å²) in [6.45, 7) is 5.04. The summed E-state index contributed by atoms with van der Waals surface area (Å²) < 4.78 is 7.26. The van der Waals surface area contributed by atoms with Crippen LogP contribution < -0.4 is 4.90 Å². The Morgan fingerprint density at radius 3 is 2.95 bits per heavy atom. The predicted molar refractivity (Wildman–Crippen MR) is 72.3 cm³/mol. The zero-order valence-corrected chi connectivity index (χ0v) is 11.3. The van der Waals surface area contributed by atoms with Crippen LogP contribution in [0.3, 0.4) is 0 Å². The number of anilines is 1. The van der Waals surface area contributed by atoms with E-state index < -0.39 is 5.97 Å². The fourth-order valence-electron chi connectivity index (χ4n) is 2.35. The minimum atomic E-state index is -0.951. The van der Waals surface area contributed by atoms with Crippen LogP contribution in [0, 0.1) is 6.92 Å². The molecule has 1 aromatic heterocycles. The third-order valence-corrected chi connectivity index (χ3v) is 3.15. The van der Waals surface area contributed by atoms with E-state index in [9.17, 15) is 4.79 Å². The maximum Gasteiger partial charge on any atom is 0.328 e. The lowest BCUT2D eigenvalue weighted by atomic mass is 10.2. The number of aromatic nitrogens is 2. The normalized spacial score (nSPS) is 16.8. The Kier molecular flexibility index (Phi) is 4.21. The average Bonchev–Trinajstić information content (AvgIpc) is 2.57. The van der Waals surface area contributed by atoms with Gasteiger partial charge in [-0.1, -0.05) is 0 Å². The Hall–Kier alpha value is -1.82. The summed E-state index contributed by atoms with van der Waals surface area (Å²) in [5.74, 6) is 0.00824. The molecule has 2 rings (SSSR count). The number of hydrogen-bond acceptors (Lipinski definition) is 4. The lowest BCUT2D eigenvalue weighted by molar-refractivity contribution is -0.131. The van der Waals surface area contributed by atoms with Crippen LogP contribution >= 0.6 is 0 Å². The highest BCUT2D eigenvalue weighted by Crippen LogP contribution is 2.25. The smallest absolute Gasteiger partial charge is 0.328 e. The lowest BCUT2D eigenvalue weighted by Crippen LogP contribution is -2.28. The van der Waals surface area contributed by atoms with Crippen LogP contribution in [0.4, 0.5) is 5.82 Å². The van der Waals surface area contributed by atoms with Crippen LogP contribution in [0.25, 0.3) is 6.08 Å². The van der Waals surface area contributed by atoms with Crippen LogP contribution in [0.1, 0.15) is 17.7 Å². The number of nitrogens with zero attached hydrogens (tertiary/aromatic N) is 3. The van der Waals surface area contributed by atoms with Crippen LogP contribution in [0.5, 0.6) is 0 Å². The molecule has 0 bridgehead atoms. The van der Waals surface area contributed by atoms with Crippen molar-refractivity contribution >= 4 is 17.9 Å². The Morgan fingerprint density at radius 2 is 2.21 bits per heavy atom. The van der Waals surface area contributed by atoms with Crippen LogP contribution in [0.15, 0.2) is 6.08 Å². The van der Waals surface area contributed by atoms with Gasteiger partial charge in [0.05, 0.1) is 12.3 Å². The third kappa shape index (κ3) is 3.14. The van der Waals surface area contributed by atoms with E-state index in [0.29, 0.717) is 6.61 Å². The first-order valence-corrected chi connectivity index (χ1v) is 6.37. The standard InChI is InChI=1S/C13H19N3O3/c1-10-11(4-5-12(17)18)13(15(2)14-10)16-6-3-8-19-9-7-16/h4-5H,3,6-9H2,1-2H3,(H,17,18)/b5-4+. The number of aryl methyl sites for hydroxylation is 2. The van der Waals surface area contributed by atoms with Gasteiger partial charge in [-0.05, 0) is 19.4 Å². The molecule has 1 aliphatic heterocycles. The molecule has 2 heterocycles. The fourth-order valence-corrected chi connectivity index (χ4v) is 2.35. The molecule has 0 atom stereocenters. The first kappa shape index (κ1) is 13.6. The van der Waals surface area contributed by atoms with Crippen molar-refractivity contribution in [1.82, 2.24) is 9.78 Å². The van der Waals surface area contributed by atoms with Gasteiger partial charge in [-0.15, -0.1) is 0 Å². The second-order valence-electron chi connectivity index (χ2n) is 4.57. The minimum Gasteiger partial charge on any atom is -0.478 e.